The molecule has 0 bridgehead atoms. The van der Waals surface area contributed by atoms with Crippen LogP contribution in [0.15, 0.2) is 22.9 Å². The molecule has 104 valence electrons. The molecule has 19 heavy (non-hydrogen) atoms. The van der Waals surface area contributed by atoms with Crippen molar-refractivity contribution in [1.29, 1.82) is 0 Å². The highest BCUT2D eigenvalue weighted by Crippen LogP contribution is 2.27. The van der Waals surface area contributed by atoms with E-state index in [9.17, 15) is 4.79 Å². The van der Waals surface area contributed by atoms with Crippen molar-refractivity contribution >= 4 is 21.7 Å². The van der Waals surface area contributed by atoms with E-state index in [2.05, 4.69) is 39.7 Å². The third-order valence-corrected chi connectivity index (χ3v) is 4.65. The summed E-state index contributed by atoms with van der Waals surface area (Å²) in [5.41, 5.74) is 0.664. The van der Waals surface area contributed by atoms with E-state index in [-0.39, 0.29) is 5.54 Å². The van der Waals surface area contributed by atoms with E-state index >= 15 is 0 Å². The van der Waals surface area contributed by atoms with E-state index in [0.717, 1.165) is 29.5 Å². The lowest BCUT2D eigenvalue weighted by molar-refractivity contribution is -0.129. The van der Waals surface area contributed by atoms with Crippen molar-refractivity contribution in [3.8, 4) is 0 Å². The van der Waals surface area contributed by atoms with Gasteiger partial charge in [0.05, 0.1) is 5.54 Å². The lowest BCUT2D eigenvalue weighted by Crippen LogP contribution is -2.51. The fourth-order valence-electron chi connectivity index (χ4n) is 2.74. The zero-order valence-corrected chi connectivity index (χ0v) is 13.2. The molecule has 0 spiro atoms. The summed E-state index contributed by atoms with van der Waals surface area (Å²) in [5, 5.41) is 0. The Bertz CT molecular complexity index is 457. The molecular weight excluding hydrogens is 304 g/mol. The molecule has 1 aromatic heterocycles. The van der Waals surface area contributed by atoms with Gasteiger partial charge in [0, 0.05) is 23.3 Å². The topological polar surface area (TPSA) is 33.2 Å². The lowest BCUT2D eigenvalue weighted by Gasteiger charge is -2.36. The van der Waals surface area contributed by atoms with E-state index in [1.165, 1.54) is 12.8 Å². The number of hydrogen-bond donors (Lipinski definition) is 0. The number of likely N-dealkylation sites (tertiary alicyclic amines) is 1. The molecule has 4 heteroatoms. The minimum Gasteiger partial charge on any atom is -0.297 e. The number of aromatic nitrogens is 1. The van der Waals surface area contributed by atoms with Crippen molar-refractivity contribution in [2.24, 2.45) is 0 Å². The quantitative estimate of drug-likeness (QED) is 0.833. The van der Waals surface area contributed by atoms with Crippen LogP contribution in [0.4, 0.5) is 0 Å². The number of carbonyl (C=O) groups is 1. The fourth-order valence-corrected chi connectivity index (χ4v) is 3.15. The Morgan fingerprint density at radius 2 is 2.11 bits per heavy atom. The molecule has 1 unspecified atom stereocenters. The van der Waals surface area contributed by atoms with Gasteiger partial charge in [0.15, 0.2) is 5.78 Å². The Kier molecular flexibility index (Phi) is 4.74. The Morgan fingerprint density at radius 3 is 2.68 bits per heavy atom. The monoisotopic (exact) mass is 324 g/mol. The molecule has 0 aliphatic carbocycles. The highest BCUT2D eigenvalue weighted by Gasteiger charge is 2.38. The fraction of sp³-hybridized carbons (Fsp3) is 0.600. The summed E-state index contributed by atoms with van der Waals surface area (Å²) in [5.74, 6) is 0.303. The van der Waals surface area contributed by atoms with Gasteiger partial charge >= 0.3 is 0 Å². The van der Waals surface area contributed by atoms with Crippen LogP contribution in [0.2, 0.25) is 0 Å². The van der Waals surface area contributed by atoms with Crippen molar-refractivity contribution in [3.63, 3.8) is 0 Å². The van der Waals surface area contributed by atoms with Crippen LogP contribution in [0, 0.1) is 0 Å². The van der Waals surface area contributed by atoms with Crippen LogP contribution in [0.5, 0.6) is 0 Å². The molecule has 3 nitrogen and oxygen atoms in total. The van der Waals surface area contributed by atoms with Crippen molar-refractivity contribution in [2.45, 2.75) is 45.1 Å². The number of carbonyl (C=O) groups excluding carboxylic acids is 1. The molecule has 0 saturated carbocycles. The molecule has 1 saturated heterocycles. The van der Waals surface area contributed by atoms with Crippen molar-refractivity contribution in [2.75, 3.05) is 13.1 Å². The summed E-state index contributed by atoms with van der Waals surface area (Å²) in [4.78, 5) is 19.2. The average Bonchev–Trinajstić information content (AvgIpc) is 2.92. The number of Topliss-reactive ketones (excluding diaryl/α,β-unsaturated/α-hetero) is 1. The standard InChI is InChI=1S/C15H21BrN2O/c1-3-15(2,18-6-4-5-7-18)14(19)9-12-8-13(16)11-17-10-12/h8,10-11H,3-7,9H2,1-2H3. The summed E-state index contributed by atoms with van der Waals surface area (Å²) >= 11 is 3.40. The minimum atomic E-state index is -0.321. The molecular formula is C15H21BrN2O. The molecule has 0 amide bonds. The third kappa shape index (κ3) is 3.23. The Morgan fingerprint density at radius 1 is 1.42 bits per heavy atom. The maximum absolute atomic E-state index is 12.7. The van der Waals surface area contributed by atoms with Gasteiger partial charge in [-0.1, -0.05) is 6.92 Å². The van der Waals surface area contributed by atoms with Gasteiger partial charge in [-0.25, -0.2) is 0 Å². The SMILES string of the molecule is CCC(C)(C(=O)Cc1cncc(Br)c1)N1CCCC1. The number of ketones is 1. The second-order valence-electron chi connectivity index (χ2n) is 5.43. The van der Waals surface area contributed by atoms with E-state index in [4.69, 9.17) is 0 Å². The summed E-state index contributed by atoms with van der Waals surface area (Å²) in [6, 6.07) is 1.98. The first kappa shape index (κ1) is 14.7. The van der Waals surface area contributed by atoms with Crippen molar-refractivity contribution in [1.82, 2.24) is 9.88 Å². The molecule has 0 N–H and O–H groups in total. The van der Waals surface area contributed by atoms with Gasteiger partial charge in [0.25, 0.3) is 0 Å². The van der Waals surface area contributed by atoms with Gasteiger partial charge in [0.1, 0.15) is 0 Å². The molecule has 0 aromatic carbocycles. The molecule has 1 aromatic rings. The Labute approximate surface area is 123 Å². The summed E-state index contributed by atoms with van der Waals surface area (Å²) < 4.78 is 0.928. The zero-order valence-electron chi connectivity index (χ0n) is 11.7. The highest BCUT2D eigenvalue weighted by molar-refractivity contribution is 9.10. The second-order valence-corrected chi connectivity index (χ2v) is 6.35. The molecule has 2 heterocycles. The van der Waals surface area contributed by atoms with Gasteiger partial charge in [-0.05, 0) is 66.8 Å². The molecule has 0 radical (unpaired) electrons. The van der Waals surface area contributed by atoms with Crippen LogP contribution >= 0.6 is 15.9 Å². The summed E-state index contributed by atoms with van der Waals surface area (Å²) in [6.45, 7) is 6.29. The van der Waals surface area contributed by atoms with E-state index in [1.807, 2.05) is 6.07 Å². The molecule has 2 rings (SSSR count). The number of halogens is 1. The highest BCUT2D eigenvalue weighted by atomic mass is 79.9. The number of pyridine rings is 1. The Hall–Kier alpha value is -0.740. The number of hydrogen-bond acceptors (Lipinski definition) is 3. The van der Waals surface area contributed by atoms with Gasteiger partial charge in [-0.3, -0.25) is 14.7 Å². The van der Waals surface area contributed by atoms with Gasteiger partial charge < -0.3 is 0 Å². The normalized spacial score (nSPS) is 19.3. The second kappa shape index (κ2) is 6.14. The van der Waals surface area contributed by atoms with E-state index < -0.39 is 0 Å². The molecule has 1 aliphatic heterocycles. The predicted molar refractivity (Wildman–Crippen MR) is 80.2 cm³/mol. The van der Waals surface area contributed by atoms with Crippen LogP contribution in [0.3, 0.4) is 0 Å². The first-order chi connectivity index (χ1) is 9.06. The smallest absolute Gasteiger partial charge is 0.157 e. The third-order valence-electron chi connectivity index (χ3n) is 4.22. The summed E-state index contributed by atoms with van der Waals surface area (Å²) in [7, 11) is 0. The maximum atomic E-state index is 12.7. The van der Waals surface area contributed by atoms with E-state index in [0.29, 0.717) is 12.2 Å². The first-order valence-electron chi connectivity index (χ1n) is 6.94. The van der Waals surface area contributed by atoms with Crippen LogP contribution in [-0.2, 0) is 11.2 Å². The van der Waals surface area contributed by atoms with Gasteiger partial charge in [-0.2, -0.15) is 0 Å². The van der Waals surface area contributed by atoms with Gasteiger partial charge in [-0.15, -0.1) is 0 Å². The van der Waals surface area contributed by atoms with Crippen LogP contribution in [0.1, 0.15) is 38.7 Å². The van der Waals surface area contributed by atoms with Crippen molar-refractivity contribution < 1.29 is 4.79 Å². The average molecular weight is 325 g/mol. The first-order valence-corrected chi connectivity index (χ1v) is 7.73. The van der Waals surface area contributed by atoms with Crippen molar-refractivity contribution in [3.05, 3.63) is 28.5 Å². The van der Waals surface area contributed by atoms with Crippen LogP contribution in [0.25, 0.3) is 0 Å². The van der Waals surface area contributed by atoms with Gasteiger partial charge in [0.2, 0.25) is 0 Å². The number of rotatable bonds is 5. The summed E-state index contributed by atoms with van der Waals surface area (Å²) in [6.07, 6.45) is 7.28. The molecule has 1 fully saturated rings. The number of nitrogens with zero attached hydrogens (tertiary/aromatic N) is 2. The predicted octanol–water partition coefficient (Wildman–Crippen LogP) is 3.22. The minimum absolute atomic E-state index is 0.303. The zero-order chi connectivity index (χ0) is 13.9. The largest absolute Gasteiger partial charge is 0.297 e. The van der Waals surface area contributed by atoms with Crippen LogP contribution < -0.4 is 0 Å². The van der Waals surface area contributed by atoms with E-state index in [1.54, 1.807) is 12.4 Å². The lowest BCUT2D eigenvalue weighted by atomic mass is 9.88. The molecule has 1 atom stereocenters. The Balaban J connectivity index is 2.12. The molecule has 1 aliphatic rings. The maximum Gasteiger partial charge on any atom is 0.157 e. The van der Waals surface area contributed by atoms with Crippen LogP contribution in [-0.4, -0.2) is 34.3 Å².